The van der Waals surface area contributed by atoms with Gasteiger partial charge in [0.15, 0.2) is 0 Å². The molecule has 0 amide bonds. The lowest BCUT2D eigenvalue weighted by Gasteiger charge is -2.37. The number of aliphatic hydroxyl groups is 1. The van der Waals surface area contributed by atoms with Gasteiger partial charge in [0, 0.05) is 13.2 Å². The van der Waals surface area contributed by atoms with Crippen LogP contribution in [0.25, 0.3) is 0 Å². The van der Waals surface area contributed by atoms with E-state index in [1.165, 1.54) is 0 Å². The van der Waals surface area contributed by atoms with Crippen molar-refractivity contribution in [3.63, 3.8) is 0 Å². The van der Waals surface area contributed by atoms with Gasteiger partial charge in [0.1, 0.15) is 4.11 Å². The van der Waals surface area contributed by atoms with E-state index >= 15 is 0 Å². The molecule has 1 fully saturated rings. The Morgan fingerprint density at radius 2 is 2.00 bits per heavy atom. The molecular weight excluding hydrogens is 329 g/mol. The van der Waals surface area contributed by atoms with Gasteiger partial charge in [-0.3, -0.25) is 0 Å². The summed E-state index contributed by atoms with van der Waals surface area (Å²) >= 11 is 2.28. The lowest BCUT2D eigenvalue weighted by molar-refractivity contribution is -0.0136. The highest BCUT2D eigenvalue weighted by Crippen LogP contribution is 2.27. The van der Waals surface area contributed by atoms with Crippen molar-refractivity contribution in [2.75, 3.05) is 26.2 Å². The monoisotopic (exact) mass is 355 g/mol. The first-order chi connectivity index (χ1) is 7.89. The van der Waals surface area contributed by atoms with Crippen LogP contribution in [0.2, 0.25) is 0 Å². The molecule has 1 heterocycles. The van der Waals surface area contributed by atoms with Gasteiger partial charge in [-0.1, -0.05) is 22.6 Å². The van der Waals surface area contributed by atoms with Crippen LogP contribution in [0.3, 0.4) is 0 Å². The lowest BCUT2D eigenvalue weighted by Crippen LogP contribution is -2.42. The highest BCUT2D eigenvalue weighted by molar-refractivity contribution is 14.1. The normalized spacial score (nSPS) is 21.7. The zero-order valence-corrected chi connectivity index (χ0v) is 13.4. The van der Waals surface area contributed by atoms with Gasteiger partial charge in [0.2, 0.25) is 0 Å². The first-order valence-electron chi connectivity index (χ1n) is 6.60. The predicted molar refractivity (Wildman–Crippen MR) is 79.5 cm³/mol. The van der Waals surface area contributed by atoms with Crippen molar-refractivity contribution in [1.29, 1.82) is 0 Å². The van der Waals surface area contributed by atoms with Crippen LogP contribution in [-0.4, -0.2) is 46.0 Å². The summed E-state index contributed by atoms with van der Waals surface area (Å²) in [7, 11) is 0. The number of hydrogen-bond acceptors (Lipinski definition) is 3. The van der Waals surface area contributed by atoms with E-state index in [1.54, 1.807) is 0 Å². The number of alkyl halides is 1. The Morgan fingerprint density at radius 3 is 2.47 bits per heavy atom. The fraction of sp³-hybridized carbons (Fsp3) is 1.00. The second kappa shape index (κ2) is 7.26. The zero-order valence-electron chi connectivity index (χ0n) is 11.3. The Bertz CT molecular complexity index is 208. The molecule has 1 unspecified atom stereocenters. The highest BCUT2D eigenvalue weighted by atomic mass is 127. The molecule has 4 heteroatoms. The van der Waals surface area contributed by atoms with Crippen LogP contribution in [0, 0.1) is 5.92 Å². The molecule has 0 saturated carbocycles. The van der Waals surface area contributed by atoms with Crippen LogP contribution >= 0.6 is 22.6 Å². The van der Waals surface area contributed by atoms with Crippen molar-refractivity contribution >= 4 is 22.6 Å². The largest absolute Gasteiger partial charge is 0.390 e. The number of hydrogen-bond donors (Lipinski definition) is 1. The van der Waals surface area contributed by atoms with E-state index in [-0.39, 0.29) is 0 Å². The van der Waals surface area contributed by atoms with Crippen molar-refractivity contribution in [3.8, 4) is 0 Å². The second-order valence-electron chi connectivity index (χ2n) is 5.54. The summed E-state index contributed by atoms with van der Waals surface area (Å²) in [5.41, 5.74) is -0.508. The molecule has 1 aliphatic rings. The molecule has 1 aliphatic heterocycles. The molecule has 0 aromatic carbocycles. The number of likely N-dealkylation sites (tertiary alicyclic amines) is 1. The summed E-state index contributed by atoms with van der Waals surface area (Å²) in [6, 6.07) is 0. The van der Waals surface area contributed by atoms with Crippen molar-refractivity contribution in [2.24, 2.45) is 5.92 Å². The summed E-state index contributed by atoms with van der Waals surface area (Å²) < 4.78 is 5.84. The summed E-state index contributed by atoms with van der Waals surface area (Å²) in [5, 5.41) is 9.96. The van der Waals surface area contributed by atoms with Crippen LogP contribution in [0.4, 0.5) is 0 Å². The number of piperidine rings is 1. The van der Waals surface area contributed by atoms with E-state index in [0.29, 0.717) is 10.0 Å². The third-order valence-electron chi connectivity index (χ3n) is 3.55. The van der Waals surface area contributed by atoms with E-state index in [0.717, 1.165) is 45.5 Å². The minimum atomic E-state index is -0.508. The topological polar surface area (TPSA) is 32.7 Å². The van der Waals surface area contributed by atoms with E-state index in [4.69, 9.17) is 4.74 Å². The van der Waals surface area contributed by atoms with Crippen molar-refractivity contribution in [3.05, 3.63) is 0 Å². The lowest BCUT2D eigenvalue weighted by atomic mass is 9.83. The Morgan fingerprint density at radius 1 is 1.41 bits per heavy atom. The average molecular weight is 355 g/mol. The van der Waals surface area contributed by atoms with Crippen LogP contribution in [0.1, 0.15) is 40.0 Å². The van der Waals surface area contributed by atoms with Gasteiger partial charge in [0.05, 0.1) is 5.60 Å². The Kier molecular flexibility index (Phi) is 6.69. The molecule has 1 rings (SSSR count). The van der Waals surface area contributed by atoms with Crippen molar-refractivity contribution in [1.82, 2.24) is 4.90 Å². The third-order valence-corrected chi connectivity index (χ3v) is 3.91. The number of rotatable bonds is 6. The summed E-state index contributed by atoms with van der Waals surface area (Å²) in [4.78, 5) is 2.49. The SMILES string of the molecule is CC(I)OCCCN1CCC(C(C)(C)O)CC1. The third kappa shape index (κ3) is 6.36. The zero-order chi connectivity index (χ0) is 12.9. The highest BCUT2D eigenvalue weighted by Gasteiger charge is 2.30. The van der Waals surface area contributed by atoms with Gasteiger partial charge in [-0.15, -0.1) is 0 Å². The van der Waals surface area contributed by atoms with Crippen LogP contribution < -0.4 is 0 Å². The molecule has 1 saturated heterocycles. The molecule has 1 N–H and O–H groups in total. The molecule has 0 aromatic heterocycles. The van der Waals surface area contributed by atoms with Gasteiger partial charge in [-0.25, -0.2) is 0 Å². The predicted octanol–water partition coefficient (Wildman–Crippen LogP) is 2.66. The number of ether oxygens (including phenoxy) is 1. The molecule has 0 bridgehead atoms. The maximum absolute atomic E-state index is 9.96. The molecular formula is C13H26INO2. The molecule has 17 heavy (non-hydrogen) atoms. The van der Waals surface area contributed by atoms with Crippen molar-refractivity contribution < 1.29 is 9.84 Å². The standard InChI is InChI=1S/C13H26INO2/c1-11(14)17-10-4-7-15-8-5-12(6-9-15)13(2,3)16/h11-12,16H,4-10H2,1-3H3. The van der Waals surface area contributed by atoms with Gasteiger partial charge in [-0.2, -0.15) is 0 Å². The quantitative estimate of drug-likeness (QED) is 0.452. The van der Waals surface area contributed by atoms with Gasteiger partial charge in [-0.05, 0) is 59.0 Å². The minimum absolute atomic E-state index is 0.313. The smallest absolute Gasteiger partial charge is 0.106 e. The Labute approximate surface area is 119 Å². The molecule has 0 aromatic rings. The number of halogens is 1. The van der Waals surface area contributed by atoms with Gasteiger partial charge < -0.3 is 14.7 Å². The molecule has 0 aliphatic carbocycles. The first kappa shape index (κ1) is 15.7. The van der Waals surface area contributed by atoms with Crippen LogP contribution in [0.5, 0.6) is 0 Å². The maximum Gasteiger partial charge on any atom is 0.106 e. The Balaban J connectivity index is 2.11. The fourth-order valence-corrected chi connectivity index (χ4v) is 2.65. The van der Waals surface area contributed by atoms with Gasteiger partial charge >= 0.3 is 0 Å². The van der Waals surface area contributed by atoms with E-state index < -0.39 is 5.60 Å². The minimum Gasteiger partial charge on any atom is -0.390 e. The molecule has 1 atom stereocenters. The Hall–Kier alpha value is 0.610. The molecule has 0 spiro atoms. The molecule has 3 nitrogen and oxygen atoms in total. The first-order valence-corrected chi connectivity index (χ1v) is 7.84. The van der Waals surface area contributed by atoms with Gasteiger partial charge in [0.25, 0.3) is 0 Å². The van der Waals surface area contributed by atoms with Crippen LogP contribution in [-0.2, 0) is 4.74 Å². The fourth-order valence-electron chi connectivity index (χ4n) is 2.40. The van der Waals surface area contributed by atoms with Crippen molar-refractivity contribution in [2.45, 2.75) is 49.7 Å². The maximum atomic E-state index is 9.96. The average Bonchev–Trinajstić information content (AvgIpc) is 2.23. The summed E-state index contributed by atoms with van der Waals surface area (Å²) in [5.74, 6) is 0.462. The summed E-state index contributed by atoms with van der Waals surface area (Å²) in [6.07, 6.45) is 3.35. The van der Waals surface area contributed by atoms with Crippen LogP contribution in [0.15, 0.2) is 0 Å². The summed E-state index contributed by atoms with van der Waals surface area (Å²) in [6.45, 7) is 10.2. The second-order valence-corrected chi connectivity index (χ2v) is 7.29. The van der Waals surface area contributed by atoms with E-state index in [2.05, 4.69) is 34.4 Å². The van der Waals surface area contributed by atoms with E-state index in [1.807, 2.05) is 13.8 Å². The number of nitrogens with zero attached hydrogens (tertiary/aromatic N) is 1. The molecule has 0 radical (unpaired) electrons. The molecule has 102 valence electrons. The van der Waals surface area contributed by atoms with E-state index in [9.17, 15) is 5.11 Å².